The number of nitrogens with one attached hydrogen (secondary N) is 1. The van der Waals surface area contributed by atoms with Crippen LogP contribution in [0.4, 0.5) is 0 Å². The number of halogens is 2. The number of methoxy groups -OCH3 is 1. The van der Waals surface area contributed by atoms with E-state index < -0.39 is 0 Å². The summed E-state index contributed by atoms with van der Waals surface area (Å²) in [5, 5.41) is 4.52. The van der Waals surface area contributed by atoms with Crippen LogP contribution in [0.5, 0.6) is 17.2 Å². The Labute approximate surface area is 165 Å². The third-order valence-corrected chi connectivity index (χ3v) is 3.96. The van der Waals surface area contributed by atoms with Gasteiger partial charge in [0.25, 0.3) is 5.91 Å². The van der Waals surface area contributed by atoms with Gasteiger partial charge in [-0.2, -0.15) is 5.10 Å². The van der Waals surface area contributed by atoms with E-state index in [0.29, 0.717) is 28.9 Å². The van der Waals surface area contributed by atoms with Crippen LogP contribution in [0, 0.1) is 0 Å². The molecular weight excluding hydrogens is 424 g/mol. The average molecular weight is 442 g/mol. The fourth-order valence-corrected chi connectivity index (χ4v) is 2.76. The van der Waals surface area contributed by atoms with Crippen LogP contribution in [0.1, 0.15) is 12.5 Å². The molecule has 1 amide bonds. The molecule has 138 valence electrons. The first-order chi connectivity index (χ1) is 12.5. The van der Waals surface area contributed by atoms with E-state index in [-0.39, 0.29) is 12.5 Å². The zero-order chi connectivity index (χ0) is 18.9. The van der Waals surface area contributed by atoms with Crippen molar-refractivity contribution >= 4 is 39.7 Å². The fraction of sp³-hybridized carbons (Fsp3) is 0.222. The molecule has 0 radical (unpaired) electrons. The van der Waals surface area contributed by atoms with E-state index in [1.807, 2.05) is 6.92 Å². The average Bonchev–Trinajstić information content (AvgIpc) is 2.61. The molecule has 0 heterocycles. The maximum Gasteiger partial charge on any atom is 0.277 e. The van der Waals surface area contributed by atoms with Gasteiger partial charge in [0, 0.05) is 5.02 Å². The van der Waals surface area contributed by atoms with E-state index in [4.69, 9.17) is 25.8 Å². The molecule has 6 nitrogen and oxygen atoms in total. The van der Waals surface area contributed by atoms with Gasteiger partial charge >= 0.3 is 0 Å². The van der Waals surface area contributed by atoms with Crippen LogP contribution in [-0.2, 0) is 4.79 Å². The molecule has 0 aromatic heterocycles. The Balaban J connectivity index is 1.92. The second kappa shape index (κ2) is 10.0. The van der Waals surface area contributed by atoms with E-state index in [1.54, 1.807) is 43.5 Å². The van der Waals surface area contributed by atoms with Gasteiger partial charge in [-0.25, -0.2) is 5.43 Å². The number of nitrogens with zero attached hydrogens (tertiary/aromatic N) is 1. The molecule has 2 aromatic carbocycles. The highest BCUT2D eigenvalue weighted by Gasteiger charge is 2.10. The number of ether oxygens (including phenoxy) is 3. The summed E-state index contributed by atoms with van der Waals surface area (Å²) in [6, 6.07) is 10.3. The summed E-state index contributed by atoms with van der Waals surface area (Å²) in [7, 11) is 1.57. The predicted molar refractivity (Wildman–Crippen MR) is 105 cm³/mol. The van der Waals surface area contributed by atoms with E-state index >= 15 is 0 Å². The molecule has 1 N–H and O–H groups in total. The topological polar surface area (TPSA) is 69.2 Å². The first-order valence-corrected chi connectivity index (χ1v) is 8.91. The number of hydrogen-bond acceptors (Lipinski definition) is 5. The summed E-state index contributed by atoms with van der Waals surface area (Å²) in [6.45, 7) is 2.23. The van der Waals surface area contributed by atoms with Crippen LogP contribution in [0.3, 0.4) is 0 Å². The summed E-state index contributed by atoms with van der Waals surface area (Å²) in [5.41, 5.74) is 3.14. The summed E-state index contributed by atoms with van der Waals surface area (Å²) < 4.78 is 16.9. The number of rotatable bonds is 8. The maximum atomic E-state index is 11.8. The van der Waals surface area contributed by atoms with E-state index in [9.17, 15) is 4.79 Å². The Hall–Kier alpha value is -2.25. The molecule has 0 aliphatic heterocycles. The van der Waals surface area contributed by atoms with Crippen LogP contribution >= 0.6 is 27.5 Å². The normalized spacial score (nSPS) is 10.6. The second-order valence-electron chi connectivity index (χ2n) is 5.00. The number of carbonyl (C=O) groups is 1. The van der Waals surface area contributed by atoms with E-state index in [1.165, 1.54) is 6.21 Å². The molecule has 2 rings (SSSR count). The van der Waals surface area contributed by atoms with Crippen molar-refractivity contribution in [1.82, 2.24) is 5.43 Å². The largest absolute Gasteiger partial charge is 0.492 e. The summed E-state index contributed by atoms with van der Waals surface area (Å²) in [5.74, 6) is 1.36. The van der Waals surface area contributed by atoms with Gasteiger partial charge in [-0.1, -0.05) is 11.6 Å². The molecule has 0 fully saturated rings. The van der Waals surface area contributed by atoms with Crippen LogP contribution in [0.2, 0.25) is 5.02 Å². The van der Waals surface area contributed by atoms with Crippen LogP contribution in [0.25, 0.3) is 0 Å². The SMILES string of the molecule is CCOc1cc(/C=N\NC(=O)COc2ccc(Cl)cc2)cc(Br)c1OC. The predicted octanol–water partition coefficient (Wildman–Crippen LogP) is 4.04. The van der Waals surface area contributed by atoms with Gasteiger partial charge in [-0.05, 0) is 64.8 Å². The third kappa shape index (κ3) is 5.93. The Morgan fingerprint density at radius 3 is 2.65 bits per heavy atom. The Morgan fingerprint density at radius 2 is 2.00 bits per heavy atom. The quantitative estimate of drug-likeness (QED) is 0.496. The number of benzene rings is 2. The number of amides is 1. The monoisotopic (exact) mass is 440 g/mol. The minimum atomic E-state index is -0.381. The van der Waals surface area contributed by atoms with Gasteiger partial charge in [0.2, 0.25) is 0 Å². The Morgan fingerprint density at radius 1 is 1.27 bits per heavy atom. The minimum Gasteiger partial charge on any atom is -0.492 e. The molecule has 0 atom stereocenters. The van der Waals surface area contributed by atoms with Gasteiger partial charge in [-0.3, -0.25) is 4.79 Å². The highest BCUT2D eigenvalue weighted by molar-refractivity contribution is 9.10. The summed E-state index contributed by atoms with van der Waals surface area (Å²) in [4.78, 5) is 11.8. The van der Waals surface area contributed by atoms with Crippen molar-refractivity contribution in [2.24, 2.45) is 5.10 Å². The summed E-state index contributed by atoms with van der Waals surface area (Å²) >= 11 is 9.21. The van der Waals surface area contributed by atoms with Crippen LogP contribution < -0.4 is 19.6 Å². The van der Waals surface area contributed by atoms with Crippen molar-refractivity contribution in [3.63, 3.8) is 0 Å². The maximum absolute atomic E-state index is 11.8. The van der Waals surface area contributed by atoms with Gasteiger partial charge in [-0.15, -0.1) is 0 Å². The second-order valence-corrected chi connectivity index (χ2v) is 6.29. The standard InChI is InChI=1S/C18H18BrClN2O4/c1-3-25-16-9-12(8-15(19)18(16)24-2)10-21-22-17(23)11-26-14-6-4-13(20)5-7-14/h4-10H,3,11H2,1-2H3,(H,22,23)/b21-10-. The van der Waals surface area contributed by atoms with Gasteiger partial charge in [0.1, 0.15) is 5.75 Å². The molecule has 2 aromatic rings. The molecule has 0 bridgehead atoms. The van der Waals surface area contributed by atoms with Crippen molar-refractivity contribution in [2.75, 3.05) is 20.3 Å². The fourth-order valence-electron chi connectivity index (χ4n) is 2.01. The molecule has 26 heavy (non-hydrogen) atoms. The number of hydrogen-bond donors (Lipinski definition) is 1. The molecule has 0 aliphatic rings. The number of carbonyl (C=O) groups excluding carboxylic acids is 1. The van der Waals surface area contributed by atoms with Crippen LogP contribution in [-0.4, -0.2) is 32.4 Å². The highest BCUT2D eigenvalue weighted by atomic mass is 79.9. The Bertz CT molecular complexity index is 782. The first-order valence-electron chi connectivity index (χ1n) is 7.74. The molecule has 0 saturated carbocycles. The number of hydrazone groups is 1. The molecule has 0 unspecified atom stereocenters. The smallest absolute Gasteiger partial charge is 0.277 e. The highest BCUT2D eigenvalue weighted by Crippen LogP contribution is 2.36. The summed E-state index contributed by atoms with van der Waals surface area (Å²) in [6.07, 6.45) is 1.51. The van der Waals surface area contributed by atoms with Gasteiger partial charge < -0.3 is 14.2 Å². The zero-order valence-corrected chi connectivity index (χ0v) is 16.6. The van der Waals surface area contributed by atoms with Crippen molar-refractivity contribution in [3.05, 3.63) is 51.5 Å². The zero-order valence-electron chi connectivity index (χ0n) is 14.3. The molecule has 0 spiro atoms. The van der Waals surface area contributed by atoms with Gasteiger partial charge in [0.05, 0.1) is 24.4 Å². The van der Waals surface area contributed by atoms with Crippen molar-refractivity contribution < 1.29 is 19.0 Å². The molecule has 8 heteroatoms. The van der Waals surface area contributed by atoms with E-state index in [2.05, 4.69) is 26.5 Å². The molecular formula is C18H18BrClN2O4. The van der Waals surface area contributed by atoms with Crippen molar-refractivity contribution in [1.29, 1.82) is 0 Å². The lowest BCUT2D eigenvalue weighted by atomic mass is 10.2. The minimum absolute atomic E-state index is 0.157. The Kier molecular flexibility index (Phi) is 7.74. The lowest BCUT2D eigenvalue weighted by Crippen LogP contribution is -2.24. The van der Waals surface area contributed by atoms with Crippen molar-refractivity contribution in [3.8, 4) is 17.2 Å². The third-order valence-electron chi connectivity index (χ3n) is 3.12. The molecule has 0 saturated heterocycles. The lowest BCUT2D eigenvalue weighted by Gasteiger charge is -2.11. The lowest BCUT2D eigenvalue weighted by molar-refractivity contribution is -0.123. The van der Waals surface area contributed by atoms with E-state index in [0.717, 1.165) is 10.0 Å². The van der Waals surface area contributed by atoms with Crippen molar-refractivity contribution in [2.45, 2.75) is 6.92 Å². The van der Waals surface area contributed by atoms with Gasteiger partial charge in [0.15, 0.2) is 18.1 Å². The van der Waals surface area contributed by atoms with Crippen LogP contribution in [0.15, 0.2) is 46.0 Å². The molecule has 0 aliphatic carbocycles. The first kappa shape index (κ1) is 20.1.